The first-order valence-electron chi connectivity index (χ1n) is 10.5. The molecule has 0 aromatic carbocycles. The lowest BCUT2D eigenvalue weighted by Gasteiger charge is -2.33. The Morgan fingerprint density at radius 2 is 1.89 bits per heavy atom. The van der Waals surface area contributed by atoms with Gasteiger partial charge in [-0.3, -0.25) is 0 Å². The molecule has 2 aromatic rings. The lowest BCUT2D eigenvalue weighted by atomic mass is 9.93. The fourth-order valence-corrected chi connectivity index (χ4v) is 4.00. The Kier molecular flexibility index (Phi) is 5.96. The van der Waals surface area contributed by atoms with Crippen LogP contribution in [0.3, 0.4) is 0 Å². The molecule has 0 N–H and O–H groups in total. The van der Waals surface area contributed by atoms with Crippen molar-refractivity contribution in [3.63, 3.8) is 0 Å². The monoisotopic (exact) mass is 386 g/mol. The number of hydrogen-bond acceptors (Lipinski definition) is 4. The van der Waals surface area contributed by atoms with Crippen LogP contribution in [-0.4, -0.2) is 44.2 Å². The van der Waals surface area contributed by atoms with Gasteiger partial charge in [0.05, 0.1) is 0 Å². The first-order valence-corrected chi connectivity index (χ1v) is 10.5. The summed E-state index contributed by atoms with van der Waals surface area (Å²) in [6.07, 6.45) is 3.87. The van der Waals surface area contributed by atoms with Crippen molar-refractivity contribution in [2.45, 2.75) is 79.4 Å². The molecular formula is C22H34N4O2. The Morgan fingerprint density at radius 1 is 1.21 bits per heavy atom. The molecule has 1 aliphatic rings. The van der Waals surface area contributed by atoms with Gasteiger partial charge in [-0.05, 0) is 71.4 Å². The highest BCUT2D eigenvalue weighted by molar-refractivity contribution is 5.75. The number of aryl methyl sites for hydroxylation is 4. The summed E-state index contributed by atoms with van der Waals surface area (Å²) in [5, 5.41) is 0. The van der Waals surface area contributed by atoms with Gasteiger partial charge in [-0.25, -0.2) is 14.8 Å². The maximum absolute atomic E-state index is 12.2. The van der Waals surface area contributed by atoms with Gasteiger partial charge in [0.15, 0.2) is 5.65 Å². The van der Waals surface area contributed by atoms with E-state index in [1.54, 1.807) is 0 Å². The van der Waals surface area contributed by atoms with E-state index in [9.17, 15) is 4.79 Å². The van der Waals surface area contributed by atoms with Crippen molar-refractivity contribution in [1.29, 1.82) is 0 Å². The minimum absolute atomic E-state index is 0.185. The summed E-state index contributed by atoms with van der Waals surface area (Å²) in [7, 11) is 0. The zero-order valence-electron chi connectivity index (χ0n) is 18.2. The third-order valence-electron chi connectivity index (χ3n) is 5.44. The maximum Gasteiger partial charge on any atom is 0.410 e. The van der Waals surface area contributed by atoms with E-state index in [4.69, 9.17) is 14.7 Å². The van der Waals surface area contributed by atoms with Crippen molar-refractivity contribution in [3.05, 3.63) is 23.1 Å². The number of rotatable bonds is 4. The number of aromatic nitrogens is 3. The number of pyridine rings is 1. The molecule has 0 atom stereocenters. The van der Waals surface area contributed by atoms with Crippen molar-refractivity contribution in [3.8, 4) is 0 Å². The van der Waals surface area contributed by atoms with Crippen molar-refractivity contribution in [2.75, 3.05) is 13.1 Å². The van der Waals surface area contributed by atoms with Gasteiger partial charge in [-0.15, -0.1) is 0 Å². The SMILES string of the molecule is CCc1nc2c(C)cc(C)nc2n1CCC1CCN(C(=O)OC(C)(C)C)CC1. The summed E-state index contributed by atoms with van der Waals surface area (Å²) in [6.45, 7) is 14.5. The highest BCUT2D eigenvalue weighted by Gasteiger charge is 2.27. The van der Waals surface area contributed by atoms with Crippen molar-refractivity contribution in [2.24, 2.45) is 5.92 Å². The van der Waals surface area contributed by atoms with E-state index in [0.717, 1.165) is 68.0 Å². The normalized spacial score (nSPS) is 16.0. The number of hydrogen-bond donors (Lipinski definition) is 0. The molecule has 3 rings (SSSR count). The van der Waals surface area contributed by atoms with E-state index in [2.05, 4.69) is 24.5 Å². The number of likely N-dealkylation sites (tertiary alicyclic amines) is 1. The van der Waals surface area contributed by atoms with E-state index >= 15 is 0 Å². The Balaban J connectivity index is 1.62. The van der Waals surface area contributed by atoms with Crippen LogP contribution >= 0.6 is 0 Å². The molecule has 6 nitrogen and oxygen atoms in total. The zero-order valence-corrected chi connectivity index (χ0v) is 18.2. The molecule has 1 aliphatic heterocycles. The van der Waals surface area contributed by atoms with Gasteiger partial charge in [-0.2, -0.15) is 0 Å². The number of imidazole rings is 1. The van der Waals surface area contributed by atoms with Crippen LogP contribution in [-0.2, 0) is 17.7 Å². The lowest BCUT2D eigenvalue weighted by molar-refractivity contribution is 0.0180. The highest BCUT2D eigenvalue weighted by atomic mass is 16.6. The summed E-state index contributed by atoms with van der Waals surface area (Å²) < 4.78 is 7.80. The maximum atomic E-state index is 12.2. The quantitative estimate of drug-likeness (QED) is 0.767. The second kappa shape index (κ2) is 8.10. The Bertz CT molecular complexity index is 842. The number of carbonyl (C=O) groups is 1. The van der Waals surface area contributed by atoms with Crippen LogP contribution in [0.5, 0.6) is 0 Å². The van der Waals surface area contributed by atoms with Crippen LogP contribution in [0.1, 0.15) is 64.0 Å². The number of piperidine rings is 1. The molecule has 1 amide bonds. The second-order valence-electron chi connectivity index (χ2n) is 8.99. The minimum atomic E-state index is -0.434. The summed E-state index contributed by atoms with van der Waals surface area (Å²) in [5.41, 5.74) is 3.85. The van der Waals surface area contributed by atoms with Gasteiger partial charge < -0.3 is 14.2 Å². The number of ether oxygens (including phenoxy) is 1. The average molecular weight is 387 g/mol. The van der Waals surface area contributed by atoms with E-state index in [-0.39, 0.29) is 6.09 Å². The van der Waals surface area contributed by atoms with Gasteiger partial charge in [0.25, 0.3) is 0 Å². The molecule has 1 saturated heterocycles. The van der Waals surface area contributed by atoms with Gasteiger partial charge in [-0.1, -0.05) is 6.92 Å². The average Bonchev–Trinajstić information content (AvgIpc) is 2.97. The van der Waals surface area contributed by atoms with Gasteiger partial charge in [0.1, 0.15) is 16.9 Å². The van der Waals surface area contributed by atoms with Gasteiger partial charge in [0, 0.05) is 31.7 Å². The summed E-state index contributed by atoms with van der Waals surface area (Å²) in [5.74, 6) is 1.73. The van der Waals surface area contributed by atoms with Gasteiger partial charge >= 0.3 is 6.09 Å². The largest absolute Gasteiger partial charge is 0.444 e. The molecule has 0 unspecified atom stereocenters. The smallest absolute Gasteiger partial charge is 0.410 e. The summed E-state index contributed by atoms with van der Waals surface area (Å²) in [6, 6.07) is 2.10. The predicted octanol–water partition coefficient (Wildman–Crippen LogP) is 4.65. The molecule has 0 radical (unpaired) electrons. The van der Waals surface area contributed by atoms with Crippen LogP contribution in [0.25, 0.3) is 11.2 Å². The van der Waals surface area contributed by atoms with E-state index in [1.165, 1.54) is 5.56 Å². The minimum Gasteiger partial charge on any atom is -0.444 e. The first kappa shape index (κ1) is 20.6. The second-order valence-corrected chi connectivity index (χ2v) is 8.99. The van der Waals surface area contributed by atoms with Gasteiger partial charge in [0.2, 0.25) is 0 Å². The highest BCUT2D eigenvalue weighted by Crippen LogP contribution is 2.25. The molecule has 0 spiro atoms. The fraction of sp³-hybridized carbons (Fsp3) is 0.682. The van der Waals surface area contributed by atoms with Crippen LogP contribution < -0.4 is 0 Å². The van der Waals surface area contributed by atoms with Crippen molar-refractivity contribution >= 4 is 17.3 Å². The predicted molar refractivity (Wildman–Crippen MR) is 112 cm³/mol. The summed E-state index contributed by atoms with van der Waals surface area (Å²) >= 11 is 0. The zero-order chi connectivity index (χ0) is 20.5. The molecule has 3 heterocycles. The lowest BCUT2D eigenvalue weighted by Crippen LogP contribution is -2.41. The van der Waals surface area contributed by atoms with E-state index in [1.807, 2.05) is 32.6 Å². The van der Waals surface area contributed by atoms with E-state index < -0.39 is 5.60 Å². The fourth-order valence-electron chi connectivity index (χ4n) is 4.00. The molecule has 1 fully saturated rings. The first-order chi connectivity index (χ1) is 13.2. The van der Waals surface area contributed by atoms with Crippen LogP contribution in [0, 0.1) is 19.8 Å². The van der Waals surface area contributed by atoms with E-state index in [0.29, 0.717) is 5.92 Å². The molecule has 0 aliphatic carbocycles. The molecule has 2 aromatic heterocycles. The third kappa shape index (κ3) is 4.65. The van der Waals surface area contributed by atoms with Crippen LogP contribution in [0.2, 0.25) is 0 Å². The molecule has 154 valence electrons. The Labute approximate surface area is 168 Å². The molecule has 0 saturated carbocycles. The molecule has 0 bridgehead atoms. The van der Waals surface area contributed by atoms with Crippen molar-refractivity contribution in [1.82, 2.24) is 19.4 Å². The van der Waals surface area contributed by atoms with Crippen LogP contribution in [0.15, 0.2) is 6.07 Å². The molecular weight excluding hydrogens is 352 g/mol. The number of nitrogens with zero attached hydrogens (tertiary/aromatic N) is 4. The van der Waals surface area contributed by atoms with Crippen LogP contribution in [0.4, 0.5) is 4.79 Å². The number of carbonyl (C=O) groups excluding carboxylic acids is 1. The Hall–Kier alpha value is -2.11. The third-order valence-corrected chi connectivity index (χ3v) is 5.44. The van der Waals surface area contributed by atoms with Crippen molar-refractivity contribution < 1.29 is 9.53 Å². The number of fused-ring (bicyclic) bond motifs is 1. The standard InChI is InChI=1S/C22H34N4O2/c1-7-18-24-19-15(2)14-16(3)23-20(19)26(18)13-10-17-8-11-25(12-9-17)21(27)28-22(4,5)6/h14,17H,7-13H2,1-6H3. The Morgan fingerprint density at radius 3 is 2.50 bits per heavy atom. The molecule has 28 heavy (non-hydrogen) atoms. The molecule has 6 heteroatoms. The number of amides is 1. The topological polar surface area (TPSA) is 60.2 Å². The summed E-state index contributed by atoms with van der Waals surface area (Å²) in [4.78, 5) is 23.7.